The summed E-state index contributed by atoms with van der Waals surface area (Å²) >= 11 is 6.03. The molecule has 0 fully saturated rings. The summed E-state index contributed by atoms with van der Waals surface area (Å²) in [4.78, 5) is 13.3. The highest BCUT2D eigenvalue weighted by molar-refractivity contribution is 7.91. The molecule has 0 aliphatic carbocycles. The van der Waals surface area contributed by atoms with Gasteiger partial charge >= 0.3 is 0 Å². The smallest absolute Gasteiger partial charge is 0.255 e. The molecule has 34 heavy (non-hydrogen) atoms. The molecular weight excluding hydrogens is 470 g/mol. The lowest BCUT2D eigenvalue weighted by Gasteiger charge is -2.07. The topological polar surface area (TPSA) is 81.1 Å². The van der Waals surface area contributed by atoms with Crippen LogP contribution in [0.3, 0.4) is 0 Å². The third-order valence-corrected chi connectivity index (χ3v) is 7.36. The van der Waals surface area contributed by atoms with Crippen LogP contribution in [0.15, 0.2) is 96.0 Å². The molecule has 4 rings (SSSR count). The molecular formula is C26H24ClN3O3S. The molecule has 1 amide bonds. The minimum absolute atomic E-state index is 0.0470. The van der Waals surface area contributed by atoms with Crippen molar-refractivity contribution in [2.45, 2.75) is 17.9 Å². The Kier molecular flexibility index (Phi) is 7.45. The first-order valence-corrected chi connectivity index (χ1v) is 12.9. The predicted octanol–water partition coefficient (Wildman–Crippen LogP) is 4.85. The molecule has 8 heteroatoms. The highest BCUT2D eigenvalue weighted by atomic mass is 35.5. The Labute approximate surface area is 204 Å². The van der Waals surface area contributed by atoms with Gasteiger partial charge in [0.2, 0.25) is 0 Å². The van der Waals surface area contributed by atoms with Crippen molar-refractivity contribution >= 4 is 27.3 Å². The Balaban J connectivity index is 1.47. The van der Waals surface area contributed by atoms with E-state index in [-0.39, 0.29) is 23.1 Å². The lowest BCUT2D eigenvalue weighted by atomic mass is 10.1. The molecule has 1 heterocycles. The molecule has 0 aliphatic rings. The molecule has 0 bridgehead atoms. The normalized spacial score (nSPS) is 11.3. The van der Waals surface area contributed by atoms with Gasteiger partial charge in [0, 0.05) is 23.3 Å². The van der Waals surface area contributed by atoms with Crippen LogP contribution in [-0.2, 0) is 16.4 Å². The van der Waals surface area contributed by atoms with Gasteiger partial charge in [-0.3, -0.25) is 9.48 Å². The lowest BCUT2D eigenvalue weighted by molar-refractivity contribution is 0.0954. The molecule has 1 aromatic heterocycles. The largest absolute Gasteiger partial charge is 0.352 e. The molecule has 0 atom stereocenters. The minimum Gasteiger partial charge on any atom is -0.352 e. The van der Waals surface area contributed by atoms with Gasteiger partial charge in [0.25, 0.3) is 5.91 Å². The van der Waals surface area contributed by atoms with Crippen molar-refractivity contribution < 1.29 is 13.2 Å². The van der Waals surface area contributed by atoms with Crippen molar-refractivity contribution in [2.75, 3.05) is 12.3 Å². The van der Waals surface area contributed by atoms with Crippen molar-refractivity contribution in [1.29, 1.82) is 0 Å². The van der Waals surface area contributed by atoms with Crippen LogP contribution in [0.2, 0.25) is 5.02 Å². The van der Waals surface area contributed by atoms with Crippen molar-refractivity contribution in [3.8, 4) is 11.3 Å². The maximum atomic E-state index is 13.0. The van der Waals surface area contributed by atoms with Gasteiger partial charge in [-0.05, 0) is 36.2 Å². The Morgan fingerprint density at radius 1 is 0.912 bits per heavy atom. The van der Waals surface area contributed by atoms with Crippen molar-refractivity contribution in [1.82, 2.24) is 15.1 Å². The van der Waals surface area contributed by atoms with Crippen LogP contribution in [-0.4, -0.2) is 36.4 Å². The second kappa shape index (κ2) is 10.7. The summed E-state index contributed by atoms with van der Waals surface area (Å²) < 4.78 is 26.6. The van der Waals surface area contributed by atoms with E-state index in [9.17, 15) is 13.2 Å². The standard InChI is InChI=1S/C26H24ClN3O3S/c27-22-14-12-21(13-15-22)25-24(19-30(29-25)18-20-8-3-1-4-9-20)26(31)28-16-7-17-34(32,33)23-10-5-2-6-11-23/h1-6,8-15,19H,7,16-18H2,(H,28,31). The van der Waals surface area contributed by atoms with Crippen molar-refractivity contribution in [3.05, 3.63) is 107 Å². The average Bonchev–Trinajstić information content (AvgIpc) is 3.27. The maximum absolute atomic E-state index is 13.0. The Bertz CT molecular complexity index is 1350. The Hall–Kier alpha value is -3.42. The molecule has 1 N–H and O–H groups in total. The molecule has 6 nitrogen and oxygen atoms in total. The van der Waals surface area contributed by atoms with Gasteiger partial charge < -0.3 is 5.32 Å². The van der Waals surface area contributed by atoms with Crippen LogP contribution < -0.4 is 5.32 Å². The number of halogens is 1. The number of hydrogen-bond acceptors (Lipinski definition) is 4. The van der Waals surface area contributed by atoms with Gasteiger partial charge in [-0.25, -0.2) is 8.42 Å². The number of carbonyl (C=O) groups is 1. The van der Waals surface area contributed by atoms with Gasteiger partial charge in [-0.1, -0.05) is 72.3 Å². The summed E-state index contributed by atoms with van der Waals surface area (Å²) in [6.07, 6.45) is 2.02. The molecule has 0 saturated carbocycles. The van der Waals surface area contributed by atoms with E-state index in [1.165, 1.54) is 0 Å². The van der Waals surface area contributed by atoms with Gasteiger partial charge in [0.05, 0.1) is 22.8 Å². The monoisotopic (exact) mass is 493 g/mol. The summed E-state index contributed by atoms with van der Waals surface area (Å²) in [5.74, 6) is -0.351. The summed E-state index contributed by atoms with van der Waals surface area (Å²) in [5, 5.41) is 8.08. The van der Waals surface area contributed by atoms with Crippen LogP contribution in [0.4, 0.5) is 0 Å². The van der Waals surface area contributed by atoms with Gasteiger partial charge in [0.1, 0.15) is 5.69 Å². The van der Waals surface area contributed by atoms with E-state index >= 15 is 0 Å². The van der Waals surface area contributed by atoms with E-state index in [4.69, 9.17) is 11.6 Å². The Morgan fingerprint density at radius 2 is 1.56 bits per heavy atom. The van der Waals surface area contributed by atoms with E-state index in [0.717, 1.165) is 11.1 Å². The summed E-state index contributed by atoms with van der Waals surface area (Å²) in [6, 6.07) is 25.3. The zero-order chi connectivity index (χ0) is 24.0. The molecule has 3 aromatic carbocycles. The van der Waals surface area contributed by atoms with E-state index in [1.807, 2.05) is 42.5 Å². The fraction of sp³-hybridized carbons (Fsp3) is 0.154. The first-order chi connectivity index (χ1) is 16.4. The van der Waals surface area contributed by atoms with Crippen LogP contribution in [0.1, 0.15) is 22.3 Å². The Morgan fingerprint density at radius 3 is 2.24 bits per heavy atom. The molecule has 174 valence electrons. The number of nitrogens with one attached hydrogen (secondary N) is 1. The van der Waals surface area contributed by atoms with Crippen LogP contribution in [0, 0.1) is 0 Å². The fourth-order valence-corrected chi connectivity index (χ4v) is 5.02. The third kappa shape index (κ3) is 5.92. The molecule has 0 aliphatic heterocycles. The zero-order valence-corrected chi connectivity index (χ0v) is 20.0. The van der Waals surface area contributed by atoms with Crippen molar-refractivity contribution in [3.63, 3.8) is 0 Å². The fourth-order valence-electron chi connectivity index (χ4n) is 3.56. The molecule has 0 saturated heterocycles. The molecule has 0 radical (unpaired) electrons. The van der Waals surface area contributed by atoms with Gasteiger partial charge in [-0.2, -0.15) is 5.10 Å². The first kappa shape index (κ1) is 23.7. The number of aromatic nitrogens is 2. The predicted molar refractivity (Wildman–Crippen MR) is 134 cm³/mol. The second-order valence-electron chi connectivity index (χ2n) is 7.82. The summed E-state index contributed by atoms with van der Waals surface area (Å²) in [6.45, 7) is 0.749. The second-order valence-corrected chi connectivity index (χ2v) is 10.4. The SMILES string of the molecule is O=C(NCCCS(=O)(=O)c1ccccc1)c1cn(Cc2ccccc2)nc1-c1ccc(Cl)cc1. The number of rotatable bonds is 9. The van der Waals surface area contributed by atoms with Gasteiger partial charge in [0.15, 0.2) is 9.84 Å². The highest BCUT2D eigenvalue weighted by Crippen LogP contribution is 2.24. The van der Waals surface area contributed by atoms with Crippen LogP contribution >= 0.6 is 11.6 Å². The van der Waals surface area contributed by atoms with E-state index < -0.39 is 9.84 Å². The number of sulfone groups is 1. The number of hydrogen-bond donors (Lipinski definition) is 1. The maximum Gasteiger partial charge on any atom is 0.255 e. The van der Waals surface area contributed by atoms with Crippen molar-refractivity contribution in [2.24, 2.45) is 0 Å². The number of carbonyl (C=O) groups excluding carboxylic acids is 1. The average molecular weight is 494 g/mol. The van der Waals surface area contributed by atoms with E-state index in [1.54, 1.807) is 53.3 Å². The van der Waals surface area contributed by atoms with E-state index in [0.29, 0.717) is 29.2 Å². The third-order valence-electron chi connectivity index (χ3n) is 5.29. The lowest BCUT2D eigenvalue weighted by Crippen LogP contribution is -2.26. The summed E-state index contributed by atoms with van der Waals surface area (Å²) in [7, 11) is -3.39. The van der Waals surface area contributed by atoms with Crippen LogP contribution in [0.5, 0.6) is 0 Å². The number of nitrogens with zero attached hydrogens (tertiary/aromatic N) is 2. The molecule has 4 aromatic rings. The first-order valence-electron chi connectivity index (χ1n) is 10.9. The molecule has 0 spiro atoms. The summed E-state index contributed by atoms with van der Waals surface area (Å²) in [5.41, 5.74) is 2.80. The zero-order valence-electron chi connectivity index (χ0n) is 18.4. The van der Waals surface area contributed by atoms with Gasteiger partial charge in [-0.15, -0.1) is 0 Å². The van der Waals surface area contributed by atoms with E-state index in [2.05, 4.69) is 10.4 Å². The highest BCUT2D eigenvalue weighted by Gasteiger charge is 2.19. The molecule has 0 unspecified atom stereocenters. The number of amides is 1. The minimum atomic E-state index is -3.39. The quantitative estimate of drug-likeness (QED) is 0.338. The van der Waals surface area contributed by atoms with Crippen LogP contribution in [0.25, 0.3) is 11.3 Å². The number of benzene rings is 3.